The Kier molecular flexibility index (Phi) is 6.39. The van der Waals surface area contributed by atoms with Crippen molar-refractivity contribution in [2.75, 3.05) is 26.2 Å². The third-order valence-corrected chi connectivity index (χ3v) is 5.03. The lowest BCUT2D eigenvalue weighted by atomic mass is 10.1. The molecule has 2 amide bonds. The van der Waals surface area contributed by atoms with Crippen LogP contribution in [0.25, 0.3) is 0 Å². The highest BCUT2D eigenvalue weighted by Crippen LogP contribution is 2.25. The average Bonchev–Trinajstić information content (AvgIpc) is 2.68. The molecular formula is C19H19F2N3O2S. The van der Waals surface area contributed by atoms with E-state index in [1.54, 1.807) is 34.2 Å². The fraction of sp³-hybridized carbons (Fsp3) is 0.316. The molecule has 0 radical (unpaired) electrons. The van der Waals surface area contributed by atoms with Gasteiger partial charge in [0.1, 0.15) is 0 Å². The smallest absolute Gasteiger partial charge is 0.288 e. The van der Waals surface area contributed by atoms with Gasteiger partial charge in [0.25, 0.3) is 11.7 Å². The van der Waals surface area contributed by atoms with Gasteiger partial charge in [-0.15, -0.1) is 0 Å². The number of thioether (sulfide) groups is 1. The number of benzene rings is 1. The third-order valence-electron chi connectivity index (χ3n) is 4.30. The molecule has 1 aliphatic rings. The fourth-order valence-corrected chi connectivity index (χ4v) is 3.39. The van der Waals surface area contributed by atoms with Gasteiger partial charge in [0, 0.05) is 48.5 Å². The Hall–Kier alpha value is -2.48. The van der Waals surface area contributed by atoms with Gasteiger partial charge in [-0.05, 0) is 36.4 Å². The largest absolute Gasteiger partial charge is 0.339 e. The molecule has 1 aromatic carbocycles. The fourth-order valence-electron chi connectivity index (χ4n) is 2.89. The van der Waals surface area contributed by atoms with Crippen LogP contribution in [0.4, 0.5) is 8.78 Å². The van der Waals surface area contributed by atoms with E-state index in [0.29, 0.717) is 48.4 Å². The van der Waals surface area contributed by atoms with Gasteiger partial charge in [-0.25, -0.2) is 0 Å². The zero-order chi connectivity index (χ0) is 19.2. The van der Waals surface area contributed by atoms with E-state index < -0.39 is 5.76 Å². The number of amides is 2. The number of carbonyl (C=O) groups is 2. The lowest BCUT2D eigenvalue weighted by molar-refractivity contribution is -0.132. The van der Waals surface area contributed by atoms with Crippen molar-refractivity contribution in [1.82, 2.24) is 14.8 Å². The van der Waals surface area contributed by atoms with Crippen LogP contribution in [0, 0.1) is 0 Å². The molecule has 0 unspecified atom stereocenters. The van der Waals surface area contributed by atoms with Crippen molar-refractivity contribution in [1.29, 1.82) is 0 Å². The van der Waals surface area contributed by atoms with Crippen LogP contribution in [0.1, 0.15) is 16.1 Å². The van der Waals surface area contributed by atoms with Crippen LogP contribution >= 0.6 is 11.8 Å². The highest BCUT2D eigenvalue weighted by Gasteiger charge is 2.25. The van der Waals surface area contributed by atoms with Crippen molar-refractivity contribution in [2.45, 2.75) is 17.1 Å². The minimum absolute atomic E-state index is 0.00539. The van der Waals surface area contributed by atoms with E-state index >= 15 is 0 Å². The summed E-state index contributed by atoms with van der Waals surface area (Å²) >= 11 is 0.451. The summed E-state index contributed by atoms with van der Waals surface area (Å²) in [6.07, 6.45) is 1.91. The average molecular weight is 391 g/mol. The topological polar surface area (TPSA) is 53.5 Å². The highest BCUT2D eigenvalue weighted by molar-refractivity contribution is 7.99. The van der Waals surface area contributed by atoms with Crippen molar-refractivity contribution in [3.8, 4) is 0 Å². The predicted octanol–water partition coefficient (Wildman–Crippen LogP) is 2.92. The lowest BCUT2D eigenvalue weighted by Crippen LogP contribution is -2.51. The Morgan fingerprint density at radius 1 is 1.00 bits per heavy atom. The molecule has 1 aliphatic heterocycles. The maximum absolute atomic E-state index is 12.6. The SMILES string of the molecule is O=C(Cc1ccccn1)N1CCN(C(=O)c2ccc(SC(F)F)cc2)CC1. The first-order valence-electron chi connectivity index (χ1n) is 8.55. The first-order chi connectivity index (χ1) is 13.0. The minimum atomic E-state index is -2.48. The molecule has 3 rings (SSSR count). The first kappa shape index (κ1) is 19.3. The third kappa shape index (κ3) is 5.26. The van der Waals surface area contributed by atoms with Crippen molar-refractivity contribution >= 4 is 23.6 Å². The second-order valence-electron chi connectivity index (χ2n) is 6.07. The molecule has 2 aromatic rings. The van der Waals surface area contributed by atoms with Gasteiger partial charge in [0.15, 0.2) is 0 Å². The molecule has 0 aliphatic carbocycles. The number of pyridine rings is 1. The van der Waals surface area contributed by atoms with Gasteiger partial charge < -0.3 is 9.80 Å². The molecule has 0 saturated carbocycles. The zero-order valence-electron chi connectivity index (χ0n) is 14.6. The molecule has 2 heterocycles. The Labute approximate surface area is 160 Å². The summed E-state index contributed by atoms with van der Waals surface area (Å²) in [6.45, 7) is 1.83. The summed E-state index contributed by atoms with van der Waals surface area (Å²) in [5, 5.41) is 0. The number of carbonyl (C=O) groups excluding carboxylic acids is 2. The van der Waals surface area contributed by atoms with Crippen LogP contribution in [0.3, 0.4) is 0 Å². The number of hydrogen-bond acceptors (Lipinski definition) is 4. The van der Waals surface area contributed by atoms with Crippen LogP contribution in [0.2, 0.25) is 0 Å². The van der Waals surface area contributed by atoms with Crippen molar-refractivity contribution < 1.29 is 18.4 Å². The van der Waals surface area contributed by atoms with Gasteiger partial charge in [0.2, 0.25) is 5.91 Å². The molecule has 0 N–H and O–H groups in total. The molecule has 27 heavy (non-hydrogen) atoms. The van der Waals surface area contributed by atoms with Crippen LogP contribution in [-0.4, -0.2) is 58.5 Å². The maximum atomic E-state index is 12.6. The number of halogens is 2. The summed E-state index contributed by atoms with van der Waals surface area (Å²) in [7, 11) is 0. The summed E-state index contributed by atoms with van der Waals surface area (Å²) in [6, 6.07) is 11.6. The zero-order valence-corrected chi connectivity index (χ0v) is 15.4. The number of nitrogens with zero attached hydrogens (tertiary/aromatic N) is 3. The van der Waals surface area contributed by atoms with Gasteiger partial charge in [-0.3, -0.25) is 14.6 Å². The number of alkyl halides is 2. The minimum Gasteiger partial charge on any atom is -0.339 e. The van der Waals surface area contributed by atoms with Crippen LogP contribution in [0.5, 0.6) is 0 Å². The van der Waals surface area contributed by atoms with Gasteiger partial charge >= 0.3 is 0 Å². The van der Waals surface area contributed by atoms with Crippen LogP contribution < -0.4 is 0 Å². The van der Waals surface area contributed by atoms with Crippen molar-refractivity contribution in [3.63, 3.8) is 0 Å². The quantitative estimate of drug-likeness (QED) is 0.736. The van der Waals surface area contributed by atoms with Gasteiger partial charge in [0.05, 0.1) is 6.42 Å². The number of piperazine rings is 1. The standard InChI is InChI=1S/C19H19F2N3O2S/c20-19(21)27-16-6-4-14(5-7-16)18(26)24-11-9-23(10-12-24)17(25)13-15-3-1-2-8-22-15/h1-8,19H,9-13H2. The molecule has 5 nitrogen and oxygen atoms in total. The monoisotopic (exact) mass is 391 g/mol. The van der Waals surface area contributed by atoms with E-state index in [4.69, 9.17) is 0 Å². The van der Waals surface area contributed by atoms with E-state index in [2.05, 4.69) is 4.98 Å². The first-order valence-corrected chi connectivity index (χ1v) is 9.43. The second kappa shape index (κ2) is 8.94. The van der Waals surface area contributed by atoms with Gasteiger partial charge in [-0.2, -0.15) is 8.78 Å². The number of rotatable bonds is 5. The molecular weight excluding hydrogens is 372 g/mol. The highest BCUT2D eigenvalue weighted by atomic mass is 32.2. The van der Waals surface area contributed by atoms with E-state index in [1.165, 1.54) is 12.1 Å². The summed E-state index contributed by atoms with van der Waals surface area (Å²) in [5.41, 5.74) is 1.18. The Morgan fingerprint density at radius 3 is 2.26 bits per heavy atom. The normalized spacial score (nSPS) is 14.5. The molecule has 1 saturated heterocycles. The summed E-state index contributed by atoms with van der Waals surface area (Å²) in [4.78, 5) is 32.9. The Bertz CT molecular complexity index is 779. The number of hydrogen-bond donors (Lipinski definition) is 0. The lowest BCUT2D eigenvalue weighted by Gasteiger charge is -2.34. The van der Waals surface area contributed by atoms with E-state index in [1.807, 2.05) is 12.1 Å². The number of aromatic nitrogens is 1. The molecule has 0 spiro atoms. The molecule has 1 aromatic heterocycles. The molecule has 8 heteroatoms. The Morgan fingerprint density at radius 2 is 1.67 bits per heavy atom. The second-order valence-corrected chi connectivity index (χ2v) is 7.14. The molecule has 1 fully saturated rings. The maximum Gasteiger partial charge on any atom is 0.288 e. The molecule has 0 atom stereocenters. The summed E-state index contributed by atoms with van der Waals surface area (Å²) in [5.74, 6) is -2.64. The van der Waals surface area contributed by atoms with E-state index in [-0.39, 0.29) is 18.2 Å². The summed E-state index contributed by atoms with van der Waals surface area (Å²) < 4.78 is 24.7. The van der Waals surface area contributed by atoms with Crippen molar-refractivity contribution in [2.24, 2.45) is 0 Å². The van der Waals surface area contributed by atoms with E-state index in [9.17, 15) is 18.4 Å². The van der Waals surface area contributed by atoms with E-state index in [0.717, 1.165) is 5.69 Å². The van der Waals surface area contributed by atoms with Crippen LogP contribution in [0.15, 0.2) is 53.6 Å². The van der Waals surface area contributed by atoms with Crippen molar-refractivity contribution in [3.05, 3.63) is 59.9 Å². The predicted molar refractivity (Wildman–Crippen MR) is 98.7 cm³/mol. The van der Waals surface area contributed by atoms with Gasteiger partial charge in [-0.1, -0.05) is 17.8 Å². The Balaban J connectivity index is 1.52. The van der Waals surface area contributed by atoms with Crippen LogP contribution in [-0.2, 0) is 11.2 Å². The molecule has 0 bridgehead atoms. The molecule has 142 valence electrons.